The van der Waals surface area contributed by atoms with Gasteiger partial charge in [-0.1, -0.05) is 24.3 Å². The van der Waals surface area contributed by atoms with E-state index in [0.717, 1.165) is 16.4 Å². The van der Waals surface area contributed by atoms with Crippen molar-refractivity contribution in [3.8, 4) is 5.75 Å². The van der Waals surface area contributed by atoms with Gasteiger partial charge in [-0.05, 0) is 18.2 Å². The molecule has 0 atom stereocenters. The maximum Gasteiger partial charge on any atom is 0.176 e. The minimum absolute atomic E-state index is 0.414. The van der Waals surface area contributed by atoms with Crippen molar-refractivity contribution in [2.75, 3.05) is 0 Å². The Bertz CT molecular complexity index is 625. The third-order valence-corrected chi connectivity index (χ3v) is 2.46. The van der Waals surface area contributed by atoms with Crippen LogP contribution in [0.5, 0.6) is 5.75 Å². The summed E-state index contributed by atoms with van der Waals surface area (Å²) in [5.41, 5.74) is 1.50. The topological polar surface area (TPSA) is 42.6 Å². The highest BCUT2D eigenvalue weighted by Crippen LogP contribution is 2.34. The predicted octanol–water partition coefficient (Wildman–Crippen LogP) is 3.44. The molecule has 1 N–H and O–H groups in total. The van der Waals surface area contributed by atoms with Gasteiger partial charge < -0.3 is 9.30 Å². The molecule has 15 heavy (non-hydrogen) atoms. The van der Waals surface area contributed by atoms with E-state index < -0.39 is 0 Å². The van der Waals surface area contributed by atoms with E-state index in [4.69, 9.17) is 9.67 Å². The van der Waals surface area contributed by atoms with Gasteiger partial charge in [0, 0.05) is 5.39 Å². The largest absolute Gasteiger partial charge is 0.456 e. The van der Waals surface area contributed by atoms with E-state index in [0.29, 0.717) is 11.3 Å². The Kier molecular flexibility index (Phi) is 1.66. The fraction of sp³-hybridized carbons (Fsp3) is 0. The molecule has 0 bridgehead atoms. The lowest BCUT2D eigenvalue weighted by atomic mass is 10.1. The van der Waals surface area contributed by atoms with Crippen LogP contribution in [0.15, 0.2) is 46.9 Å². The molecule has 0 aliphatic rings. The van der Waals surface area contributed by atoms with Crippen LogP contribution in [0.4, 0.5) is 0 Å². The number of para-hydroxylation sites is 1. The van der Waals surface area contributed by atoms with Gasteiger partial charge in [0.05, 0.1) is 5.39 Å². The molecule has 3 nitrogen and oxygen atoms in total. The van der Waals surface area contributed by atoms with Crippen LogP contribution in [-0.2, 0) is 0 Å². The average Bonchev–Trinajstić information content (AvgIpc) is 2.67. The van der Waals surface area contributed by atoms with Gasteiger partial charge in [-0.3, -0.25) is 0 Å². The van der Waals surface area contributed by atoms with Crippen LogP contribution in [-0.4, -0.2) is 5.26 Å². The number of benzene rings is 2. The average molecular weight is 200 g/mol. The van der Waals surface area contributed by atoms with E-state index in [2.05, 4.69) is 4.89 Å². The second-order valence-corrected chi connectivity index (χ2v) is 3.32. The first-order valence-electron chi connectivity index (χ1n) is 4.62. The van der Waals surface area contributed by atoms with Crippen LogP contribution in [0.2, 0.25) is 0 Å². The zero-order chi connectivity index (χ0) is 10.3. The number of fused-ring (bicyclic) bond motifs is 3. The van der Waals surface area contributed by atoms with E-state index in [-0.39, 0.29) is 0 Å². The maximum absolute atomic E-state index is 8.77. The predicted molar refractivity (Wildman–Crippen MR) is 57.0 cm³/mol. The van der Waals surface area contributed by atoms with Gasteiger partial charge in [-0.2, -0.15) is 0 Å². The van der Waals surface area contributed by atoms with Crippen LogP contribution < -0.4 is 4.89 Å². The molecule has 74 valence electrons. The molecule has 1 aromatic heterocycles. The van der Waals surface area contributed by atoms with Gasteiger partial charge in [-0.15, -0.1) is 0 Å². The molecular formula is C12H8O3. The summed E-state index contributed by atoms with van der Waals surface area (Å²) in [7, 11) is 0. The minimum Gasteiger partial charge on any atom is -0.456 e. The lowest BCUT2D eigenvalue weighted by molar-refractivity contribution is -0.136. The Morgan fingerprint density at radius 2 is 1.73 bits per heavy atom. The van der Waals surface area contributed by atoms with Crippen molar-refractivity contribution in [1.82, 2.24) is 0 Å². The highest BCUT2D eigenvalue weighted by molar-refractivity contribution is 6.08. The Balaban J connectivity index is 2.56. The van der Waals surface area contributed by atoms with Gasteiger partial charge in [0.1, 0.15) is 11.2 Å². The summed E-state index contributed by atoms with van der Waals surface area (Å²) in [6.07, 6.45) is 0. The van der Waals surface area contributed by atoms with Crippen LogP contribution in [0, 0.1) is 0 Å². The molecule has 2 aromatic carbocycles. The first-order valence-corrected chi connectivity index (χ1v) is 4.62. The van der Waals surface area contributed by atoms with Crippen molar-refractivity contribution >= 4 is 21.9 Å². The van der Waals surface area contributed by atoms with Crippen molar-refractivity contribution in [3.63, 3.8) is 0 Å². The van der Waals surface area contributed by atoms with Crippen molar-refractivity contribution in [2.24, 2.45) is 0 Å². The van der Waals surface area contributed by atoms with E-state index in [9.17, 15) is 0 Å². The Morgan fingerprint density at radius 3 is 2.60 bits per heavy atom. The van der Waals surface area contributed by atoms with Crippen molar-refractivity contribution < 1.29 is 14.6 Å². The second kappa shape index (κ2) is 3.00. The van der Waals surface area contributed by atoms with Crippen LogP contribution in [0.25, 0.3) is 21.9 Å². The molecule has 0 saturated carbocycles. The van der Waals surface area contributed by atoms with Crippen molar-refractivity contribution in [3.05, 3.63) is 42.5 Å². The molecule has 0 saturated heterocycles. The highest BCUT2D eigenvalue weighted by Gasteiger charge is 2.10. The fourth-order valence-electron chi connectivity index (χ4n) is 1.82. The highest BCUT2D eigenvalue weighted by atomic mass is 17.1. The Labute approximate surface area is 85.4 Å². The summed E-state index contributed by atoms with van der Waals surface area (Å²) in [4.78, 5) is 4.33. The molecule has 1 heterocycles. The lowest BCUT2D eigenvalue weighted by Gasteiger charge is -1.96. The number of rotatable bonds is 1. The quantitative estimate of drug-likeness (QED) is 0.483. The number of furan rings is 1. The molecular weight excluding hydrogens is 192 g/mol. The summed E-state index contributed by atoms with van der Waals surface area (Å²) >= 11 is 0. The number of hydrogen-bond acceptors (Lipinski definition) is 3. The van der Waals surface area contributed by atoms with Crippen molar-refractivity contribution in [2.45, 2.75) is 0 Å². The van der Waals surface area contributed by atoms with Gasteiger partial charge in [0.25, 0.3) is 0 Å². The van der Waals surface area contributed by atoms with Gasteiger partial charge in [0.2, 0.25) is 0 Å². The molecule has 0 spiro atoms. The molecule has 0 aliphatic carbocycles. The summed E-state index contributed by atoms with van der Waals surface area (Å²) in [5.74, 6) is 0.414. The van der Waals surface area contributed by atoms with Crippen LogP contribution in [0.3, 0.4) is 0 Å². The molecule has 0 amide bonds. The summed E-state index contributed by atoms with van der Waals surface area (Å²) in [5, 5.41) is 10.5. The molecule has 0 unspecified atom stereocenters. The molecule has 0 fully saturated rings. The van der Waals surface area contributed by atoms with Gasteiger partial charge >= 0.3 is 0 Å². The van der Waals surface area contributed by atoms with E-state index in [1.54, 1.807) is 12.1 Å². The number of hydrogen-bond donors (Lipinski definition) is 1. The monoisotopic (exact) mass is 200 g/mol. The molecule has 3 aromatic rings. The Morgan fingerprint density at radius 1 is 0.933 bits per heavy atom. The van der Waals surface area contributed by atoms with Crippen molar-refractivity contribution in [1.29, 1.82) is 0 Å². The van der Waals surface area contributed by atoms with E-state index in [1.165, 1.54) is 0 Å². The van der Waals surface area contributed by atoms with Gasteiger partial charge in [-0.25, -0.2) is 5.26 Å². The smallest absolute Gasteiger partial charge is 0.176 e. The van der Waals surface area contributed by atoms with E-state index in [1.807, 2.05) is 30.3 Å². The van der Waals surface area contributed by atoms with Gasteiger partial charge in [0.15, 0.2) is 5.75 Å². The third kappa shape index (κ3) is 1.10. The normalized spacial score (nSPS) is 11.0. The standard InChI is InChI=1S/C12H8O3/c13-15-11-7-3-6-10-12(11)8-4-1-2-5-9(8)14-10/h1-7,13H. The Hall–Kier alpha value is -2.00. The zero-order valence-electron chi connectivity index (χ0n) is 7.81. The summed E-state index contributed by atoms with van der Waals surface area (Å²) in [6.45, 7) is 0. The molecule has 0 aliphatic heterocycles. The first-order chi connectivity index (χ1) is 7.40. The first kappa shape index (κ1) is 8.32. The third-order valence-electron chi connectivity index (χ3n) is 2.46. The lowest BCUT2D eigenvalue weighted by Crippen LogP contribution is -1.83. The zero-order valence-corrected chi connectivity index (χ0v) is 7.81. The van der Waals surface area contributed by atoms with Crippen LogP contribution >= 0.6 is 0 Å². The molecule has 3 heteroatoms. The summed E-state index contributed by atoms with van der Waals surface area (Å²) < 4.78 is 5.60. The fourth-order valence-corrected chi connectivity index (χ4v) is 1.82. The summed E-state index contributed by atoms with van der Waals surface area (Å²) in [6, 6.07) is 13.0. The minimum atomic E-state index is 0.414. The SMILES string of the molecule is OOc1cccc2oc3ccccc3c12. The second-order valence-electron chi connectivity index (χ2n) is 3.32. The molecule has 0 radical (unpaired) electrons. The maximum atomic E-state index is 8.77. The van der Waals surface area contributed by atoms with Crippen LogP contribution in [0.1, 0.15) is 0 Å². The van der Waals surface area contributed by atoms with E-state index >= 15 is 0 Å². The molecule has 3 rings (SSSR count).